The quantitative estimate of drug-likeness (QED) is 0.276. The fourth-order valence-corrected chi connectivity index (χ4v) is 1.96. The van der Waals surface area contributed by atoms with E-state index in [0.29, 0.717) is 5.69 Å². The largest absolute Gasteiger partial charge is 0.480 e. The van der Waals surface area contributed by atoms with Gasteiger partial charge in [-0.1, -0.05) is 0 Å². The van der Waals surface area contributed by atoms with E-state index in [1.807, 2.05) is 0 Å². The highest BCUT2D eigenvalue weighted by molar-refractivity contribution is 5.73. The summed E-state index contributed by atoms with van der Waals surface area (Å²) in [5.41, 5.74) is 0.518. The lowest BCUT2D eigenvalue weighted by molar-refractivity contribution is -0.144. The summed E-state index contributed by atoms with van der Waals surface area (Å²) in [6.07, 6.45) is 0.756. The first kappa shape index (κ1) is 17.5. The van der Waals surface area contributed by atoms with Gasteiger partial charge in [0.2, 0.25) is 0 Å². The summed E-state index contributed by atoms with van der Waals surface area (Å²) in [6, 6.07) is -1.05. The summed E-state index contributed by atoms with van der Waals surface area (Å²) in [5, 5.41) is 46.2. The summed E-state index contributed by atoms with van der Waals surface area (Å²) in [5.74, 6) is -1.15. The van der Waals surface area contributed by atoms with Gasteiger partial charge in [-0.05, 0) is 0 Å². The topological polar surface area (TPSA) is 150 Å². The van der Waals surface area contributed by atoms with Gasteiger partial charge >= 0.3 is 5.97 Å². The van der Waals surface area contributed by atoms with Crippen molar-refractivity contribution in [1.82, 2.24) is 14.9 Å². The molecule has 21 heavy (non-hydrogen) atoms. The second-order valence-electron chi connectivity index (χ2n) is 4.75. The van der Waals surface area contributed by atoms with Crippen molar-refractivity contribution in [1.29, 1.82) is 0 Å². The molecule has 0 bridgehead atoms. The lowest BCUT2D eigenvalue weighted by Gasteiger charge is -2.31. The van der Waals surface area contributed by atoms with Crippen LogP contribution in [-0.4, -0.2) is 90.9 Å². The first-order valence-electron chi connectivity index (χ1n) is 6.50. The van der Waals surface area contributed by atoms with Crippen molar-refractivity contribution >= 4 is 5.97 Å². The Hall–Kier alpha value is -1.52. The number of aliphatic hydroxyl groups is 4. The normalized spacial score (nSPS) is 15.9. The number of carboxylic acid groups (broad SMARTS) is 1. The van der Waals surface area contributed by atoms with E-state index in [0.717, 1.165) is 0 Å². The van der Waals surface area contributed by atoms with Crippen LogP contribution in [0, 0.1) is 0 Å². The molecule has 3 unspecified atom stereocenters. The highest BCUT2D eigenvalue weighted by Crippen LogP contribution is 2.10. The van der Waals surface area contributed by atoms with Crippen LogP contribution in [-0.2, 0) is 11.2 Å². The molecule has 1 aromatic rings. The Morgan fingerprint density at radius 3 is 2.19 bits per heavy atom. The van der Waals surface area contributed by atoms with Gasteiger partial charge in [0.15, 0.2) is 0 Å². The Kier molecular flexibility index (Phi) is 7.26. The highest BCUT2D eigenvalue weighted by atomic mass is 16.4. The van der Waals surface area contributed by atoms with E-state index in [4.69, 9.17) is 10.2 Å². The van der Waals surface area contributed by atoms with E-state index < -0.39 is 37.4 Å². The van der Waals surface area contributed by atoms with Crippen LogP contribution in [0.2, 0.25) is 0 Å². The molecule has 0 saturated heterocycles. The number of H-pyrrole nitrogens is 1. The maximum Gasteiger partial charge on any atom is 0.321 e. The van der Waals surface area contributed by atoms with Gasteiger partial charge in [-0.3, -0.25) is 9.69 Å². The van der Waals surface area contributed by atoms with E-state index >= 15 is 0 Å². The second kappa shape index (κ2) is 8.70. The number of hydrogen-bond donors (Lipinski definition) is 6. The monoisotopic (exact) mass is 303 g/mol. The molecule has 0 aliphatic heterocycles. The van der Waals surface area contributed by atoms with Crippen LogP contribution >= 0.6 is 0 Å². The second-order valence-corrected chi connectivity index (χ2v) is 4.75. The molecule has 9 nitrogen and oxygen atoms in total. The van der Waals surface area contributed by atoms with Crippen molar-refractivity contribution in [3.63, 3.8) is 0 Å². The molecule has 0 aromatic carbocycles. The molecule has 1 rings (SSSR count). The van der Waals surface area contributed by atoms with Gasteiger partial charge < -0.3 is 30.5 Å². The zero-order valence-electron chi connectivity index (χ0n) is 11.5. The summed E-state index contributed by atoms with van der Waals surface area (Å²) >= 11 is 0. The molecule has 120 valence electrons. The van der Waals surface area contributed by atoms with E-state index in [2.05, 4.69) is 9.97 Å². The molecular formula is C12H21N3O6. The molecule has 3 atom stereocenters. The molecule has 0 fully saturated rings. The number of hydrogen-bond acceptors (Lipinski definition) is 7. The minimum Gasteiger partial charge on any atom is -0.480 e. The molecular weight excluding hydrogens is 282 g/mol. The van der Waals surface area contributed by atoms with Gasteiger partial charge in [-0.2, -0.15) is 0 Å². The van der Waals surface area contributed by atoms with E-state index in [-0.39, 0.29) is 19.5 Å². The minimum absolute atomic E-state index is 0.0646. The fraction of sp³-hybridized carbons (Fsp3) is 0.667. The summed E-state index contributed by atoms with van der Waals surface area (Å²) in [6.45, 7) is -1.34. The Morgan fingerprint density at radius 2 is 1.81 bits per heavy atom. The van der Waals surface area contributed by atoms with Crippen molar-refractivity contribution in [3.8, 4) is 0 Å². The van der Waals surface area contributed by atoms with Crippen molar-refractivity contribution in [3.05, 3.63) is 18.2 Å². The molecule has 1 heterocycles. The van der Waals surface area contributed by atoms with E-state index in [9.17, 15) is 20.1 Å². The first-order chi connectivity index (χ1) is 9.97. The van der Waals surface area contributed by atoms with Gasteiger partial charge in [0.05, 0.1) is 37.4 Å². The van der Waals surface area contributed by atoms with Crippen LogP contribution in [0.25, 0.3) is 0 Å². The lowest BCUT2D eigenvalue weighted by atomic mass is 10.1. The number of nitrogens with one attached hydrogen (secondary N) is 1. The van der Waals surface area contributed by atoms with Crippen molar-refractivity contribution in [2.24, 2.45) is 0 Å². The van der Waals surface area contributed by atoms with Crippen molar-refractivity contribution < 1.29 is 30.3 Å². The highest BCUT2D eigenvalue weighted by Gasteiger charge is 2.29. The van der Waals surface area contributed by atoms with Gasteiger partial charge in [-0.15, -0.1) is 0 Å². The third kappa shape index (κ3) is 5.78. The number of carboxylic acids is 1. The smallest absolute Gasteiger partial charge is 0.321 e. The predicted octanol–water partition coefficient (Wildman–Crippen LogP) is -2.59. The van der Waals surface area contributed by atoms with Crippen LogP contribution in [0.4, 0.5) is 0 Å². The number of nitrogens with zero attached hydrogens (tertiary/aromatic N) is 2. The third-order valence-electron chi connectivity index (χ3n) is 3.00. The minimum atomic E-state index is -1.15. The van der Waals surface area contributed by atoms with Gasteiger partial charge in [0.1, 0.15) is 6.04 Å². The molecule has 6 N–H and O–H groups in total. The zero-order chi connectivity index (χ0) is 15.8. The van der Waals surface area contributed by atoms with Crippen LogP contribution < -0.4 is 0 Å². The SMILES string of the molecule is O=C(O)C(Cc1c[nH]cn1)N(CC(O)CO)CC(O)CO. The summed E-state index contributed by atoms with van der Waals surface area (Å²) < 4.78 is 0. The maximum atomic E-state index is 11.4. The summed E-state index contributed by atoms with van der Waals surface area (Å²) in [7, 11) is 0. The number of rotatable bonds is 10. The zero-order valence-corrected chi connectivity index (χ0v) is 11.5. The van der Waals surface area contributed by atoms with Crippen molar-refractivity contribution in [2.75, 3.05) is 26.3 Å². The van der Waals surface area contributed by atoms with Crippen LogP contribution in [0.15, 0.2) is 12.5 Å². The number of carbonyl (C=O) groups is 1. The average Bonchev–Trinajstić information content (AvgIpc) is 2.96. The Labute approximate surface area is 121 Å². The molecule has 0 spiro atoms. The maximum absolute atomic E-state index is 11.4. The van der Waals surface area contributed by atoms with Crippen LogP contribution in [0.5, 0.6) is 0 Å². The molecule has 0 amide bonds. The van der Waals surface area contributed by atoms with Crippen molar-refractivity contribution in [2.45, 2.75) is 24.7 Å². The van der Waals surface area contributed by atoms with E-state index in [1.165, 1.54) is 11.2 Å². The first-order valence-corrected chi connectivity index (χ1v) is 6.50. The average molecular weight is 303 g/mol. The molecule has 1 aromatic heterocycles. The Bertz CT molecular complexity index is 401. The van der Waals surface area contributed by atoms with Gasteiger partial charge in [-0.25, -0.2) is 4.98 Å². The standard InChI is InChI=1S/C12H21N3O6/c16-5-9(18)3-15(4-10(19)6-17)11(12(20)21)1-8-2-13-7-14-8/h2,7,9-11,16-19H,1,3-6H2,(H,13,14)(H,20,21). The molecule has 9 heteroatoms. The Balaban J connectivity index is 2.84. The number of aromatic amines is 1. The van der Waals surface area contributed by atoms with Crippen LogP contribution in [0.1, 0.15) is 5.69 Å². The molecule has 0 aliphatic carbocycles. The lowest BCUT2D eigenvalue weighted by Crippen LogP contribution is -2.50. The fourth-order valence-electron chi connectivity index (χ4n) is 1.96. The molecule has 0 aliphatic rings. The van der Waals surface area contributed by atoms with Gasteiger partial charge in [0.25, 0.3) is 0 Å². The summed E-state index contributed by atoms with van der Waals surface area (Å²) in [4.78, 5) is 19.4. The number of aromatic nitrogens is 2. The van der Waals surface area contributed by atoms with E-state index in [1.54, 1.807) is 6.20 Å². The number of aliphatic carboxylic acids is 1. The molecule has 0 radical (unpaired) electrons. The third-order valence-corrected chi connectivity index (χ3v) is 3.00. The Morgan fingerprint density at radius 1 is 1.24 bits per heavy atom. The van der Waals surface area contributed by atoms with Crippen LogP contribution in [0.3, 0.4) is 0 Å². The molecule has 0 saturated carbocycles. The predicted molar refractivity (Wildman–Crippen MR) is 71.5 cm³/mol. The number of aliphatic hydroxyl groups excluding tert-OH is 4. The number of imidazole rings is 1. The van der Waals surface area contributed by atoms with Gasteiger partial charge in [0, 0.05) is 25.7 Å².